The summed E-state index contributed by atoms with van der Waals surface area (Å²) in [6.45, 7) is 2.76. The molecule has 2 aromatic heterocycles. The summed E-state index contributed by atoms with van der Waals surface area (Å²) in [6, 6.07) is 4.10. The van der Waals surface area contributed by atoms with E-state index in [0.29, 0.717) is 0 Å². The molecule has 0 saturated carbocycles. The number of piperidine rings is 1. The summed E-state index contributed by atoms with van der Waals surface area (Å²) in [4.78, 5) is 27.1. The van der Waals surface area contributed by atoms with Crippen LogP contribution in [0.1, 0.15) is 42.6 Å². The third-order valence-electron chi connectivity index (χ3n) is 6.13. The minimum absolute atomic E-state index is 0.0644. The predicted molar refractivity (Wildman–Crippen MR) is 97.4 cm³/mol. The van der Waals surface area contributed by atoms with Gasteiger partial charge >= 0.3 is 0 Å². The van der Waals surface area contributed by atoms with E-state index >= 15 is 0 Å². The van der Waals surface area contributed by atoms with Crippen molar-refractivity contribution in [2.45, 2.75) is 43.9 Å². The second-order valence-electron chi connectivity index (χ2n) is 7.54. The van der Waals surface area contributed by atoms with Crippen molar-refractivity contribution in [2.75, 3.05) is 29.9 Å². The van der Waals surface area contributed by atoms with Gasteiger partial charge in [0.25, 0.3) is 5.56 Å². The van der Waals surface area contributed by atoms with Gasteiger partial charge in [0.15, 0.2) is 0 Å². The lowest BCUT2D eigenvalue weighted by Crippen LogP contribution is -2.45. The van der Waals surface area contributed by atoms with E-state index in [1.807, 2.05) is 12.3 Å². The number of aryl methyl sites for hydroxylation is 1. The Hall–Kier alpha value is -2.37. The highest BCUT2D eigenvalue weighted by Gasteiger charge is 2.43. The molecular weight excluding hydrogens is 314 g/mol. The SMILES string of the molecule is O=c1[nH]c(N2CCC3(CC2)CNc2cccnc23)nc2c1CCCC2. The summed E-state index contributed by atoms with van der Waals surface area (Å²) < 4.78 is 0. The lowest BCUT2D eigenvalue weighted by molar-refractivity contribution is 0.351. The molecule has 0 aromatic carbocycles. The Kier molecular flexibility index (Phi) is 3.33. The summed E-state index contributed by atoms with van der Waals surface area (Å²) >= 11 is 0. The van der Waals surface area contributed by atoms with Gasteiger partial charge in [0.1, 0.15) is 0 Å². The number of nitrogens with zero attached hydrogens (tertiary/aromatic N) is 3. The smallest absolute Gasteiger partial charge is 0.255 e. The highest BCUT2D eigenvalue weighted by atomic mass is 16.1. The van der Waals surface area contributed by atoms with Gasteiger partial charge in [0.05, 0.1) is 17.1 Å². The monoisotopic (exact) mass is 337 g/mol. The number of aromatic amines is 1. The van der Waals surface area contributed by atoms with E-state index in [9.17, 15) is 4.79 Å². The third kappa shape index (κ3) is 2.34. The number of fused-ring (bicyclic) bond motifs is 3. The van der Waals surface area contributed by atoms with Crippen LogP contribution < -0.4 is 15.8 Å². The van der Waals surface area contributed by atoms with Gasteiger partial charge in [-0.3, -0.25) is 14.8 Å². The molecule has 25 heavy (non-hydrogen) atoms. The number of hydrogen-bond acceptors (Lipinski definition) is 5. The van der Waals surface area contributed by atoms with Crippen LogP contribution in [0.3, 0.4) is 0 Å². The van der Waals surface area contributed by atoms with Crippen LogP contribution in [0, 0.1) is 0 Å². The van der Waals surface area contributed by atoms with Gasteiger partial charge in [-0.2, -0.15) is 0 Å². The molecule has 6 nitrogen and oxygen atoms in total. The summed E-state index contributed by atoms with van der Waals surface area (Å²) in [6.07, 6.45) is 8.00. The van der Waals surface area contributed by atoms with E-state index in [-0.39, 0.29) is 11.0 Å². The van der Waals surface area contributed by atoms with Crippen molar-refractivity contribution in [3.8, 4) is 0 Å². The largest absolute Gasteiger partial charge is 0.383 e. The van der Waals surface area contributed by atoms with Gasteiger partial charge in [-0.25, -0.2) is 4.98 Å². The Morgan fingerprint density at radius 2 is 2.00 bits per heavy atom. The molecule has 1 aliphatic carbocycles. The lowest BCUT2D eigenvalue weighted by atomic mass is 9.77. The topological polar surface area (TPSA) is 73.9 Å². The number of H-pyrrole nitrogens is 1. The Morgan fingerprint density at radius 1 is 1.16 bits per heavy atom. The number of hydrogen-bond donors (Lipinski definition) is 2. The second-order valence-corrected chi connectivity index (χ2v) is 7.54. The van der Waals surface area contributed by atoms with Crippen LogP contribution in [0.2, 0.25) is 0 Å². The van der Waals surface area contributed by atoms with Gasteiger partial charge in [-0.15, -0.1) is 0 Å². The van der Waals surface area contributed by atoms with Crippen molar-refractivity contribution in [3.63, 3.8) is 0 Å². The van der Waals surface area contributed by atoms with Crippen LogP contribution in [0.4, 0.5) is 11.6 Å². The van der Waals surface area contributed by atoms with Crippen LogP contribution in [0.15, 0.2) is 23.1 Å². The number of rotatable bonds is 1. The van der Waals surface area contributed by atoms with E-state index in [1.165, 1.54) is 11.4 Å². The molecular formula is C19H23N5O. The summed E-state index contributed by atoms with van der Waals surface area (Å²) in [5.41, 5.74) is 4.50. The molecule has 4 heterocycles. The van der Waals surface area contributed by atoms with E-state index in [2.05, 4.69) is 26.3 Å². The molecule has 5 rings (SSSR count). The first kappa shape index (κ1) is 14.9. The maximum atomic E-state index is 12.4. The summed E-state index contributed by atoms with van der Waals surface area (Å²) in [7, 11) is 0. The van der Waals surface area contributed by atoms with Crippen LogP contribution in [0.25, 0.3) is 0 Å². The number of aromatic nitrogens is 3. The first-order valence-electron chi connectivity index (χ1n) is 9.32. The Balaban J connectivity index is 1.40. The molecule has 1 spiro atoms. The first-order chi connectivity index (χ1) is 12.3. The van der Waals surface area contributed by atoms with Gasteiger partial charge < -0.3 is 10.2 Å². The zero-order valence-corrected chi connectivity index (χ0v) is 14.3. The van der Waals surface area contributed by atoms with Crippen molar-refractivity contribution in [2.24, 2.45) is 0 Å². The van der Waals surface area contributed by atoms with Crippen molar-refractivity contribution in [1.29, 1.82) is 0 Å². The molecule has 0 atom stereocenters. The van der Waals surface area contributed by atoms with E-state index in [0.717, 1.165) is 75.4 Å². The van der Waals surface area contributed by atoms with Gasteiger partial charge in [-0.05, 0) is 50.7 Å². The zero-order chi connectivity index (χ0) is 16.9. The normalized spacial score (nSPS) is 20.9. The number of nitrogens with one attached hydrogen (secondary N) is 2. The maximum absolute atomic E-state index is 12.4. The van der Waals surface area contributed by atoms with Crippen molar-refractivity contribution in [1.82, 2.24) is 15.0 Å². The fourth-order valence-electron chi connectivity index (χ4n) is 4.62. The van der Waals surface area contributed by atoms with Gasteiger partial charge in [0.2, 0.25) is 5.95 Å². The van der Waals surface area contributed by atoms with Gasteiger partial charge in [-0.1, -0.05) is 0 Å². The highest BCUT2D eigenvalue weighted by molar-refractivity contribution is 5.57. The van der Waals surface area contributed by atoms with E-state index in [1.54, 1.807) is 0 Å². The number of anilines is 2. The highest BCUT2D eigenvalue weighted by Crippen LogP contribution is 2.42. The molecule has 0 bridgehead atoms. The maximum Gasteiger partial charge on any atom is 0.255 e. The molecule has 130 valence electrons. The Morgan fingerprint density at radius 3 is 2.88 bits per heavy atom. The quantitative estimate of drug-likeness (QED) is 0.833. The Labute approximate surface area is 146 Å². The van der Waals surface area contributed by atoms with Gasteiger partial charge in [0, 0.05) is 36.8 Å². The zero-order valence-electron chi connectivity index (χ0n) is 14.3. The first-order valence-corrected chi connectivity index (χ1v) is 9.32. The fraction of sp³-hybridized carbons (Fsp3) is 0.526. The molecule has 0 amide bonds. The van der Waals surface area contributed by atoms with Crippen LogP contribution in [-0.4, -0.2) is 34.6 Å². The van der Waals surface area contributed by atoms with E-state index in [4.69, 9.17) is 4.98 Å². The fourth-order valence-corrected chi connectivity index (χ4v) is 4.62. The second kappa shape index (κ2) is 5.58. The van der Waals surface area contributed by atoms with E-state index < -0.39 is 0 Å². The molecule has 2 aromatic rings. The minimum atomic E-state index is 0.0644. The molecule has 2 N–H and O–H groups in total. The number of pyridine rings is 1. The predicted octanol–water partition coefficient (Wildman–Crippen LogP) is 2.01. The van der Waals surface area contributed by atoms with Crippen LogP contribution in [0.5, 0.6) is 0 Å². The summed E-state index contributed by atoms with van der Waals surface area (Å²) in [5, 5.41) is 3.51. The molecule has 2 aliphatic heterocycles. The molecule has 3 aliphatic rings. The Bertz CT molecular complexity index is 866. The molecule has 0 unspecified atom stereocenters. The molecule has 0 radical (unpaired) electrons. The average molecular weight is 337 g/mol. The van der Waals surface area contributed by atoms with Crippen LogP contribution in [-0.2, 0) is 18.3 Å². The van der Waals surface area contributed by atoms with Crippen molar-refractivity contribution >= 4 is 11.6 Å². The van der Waals surface area contributed by atoms with Crippen LogP contribution >= 0.6 is 0 Å². The third-order valence-corrected chi connectivity index (χ3v) is 6.13. The summed E-state index contributed by atoms with van der Waals surface area (Å²) in [5.74, 6) is 0.757. The molecule has 1 fully saturated rings. The minimum Gasteiger partial charge on any atom is -0.383 e. The van der Waals surface area contributed by atoms with Crippen molar-refractivity contribution in [3.05, 3.63) is 45.6 Å². The molecule has 1 saturated heterocycles. The average Bonchev–Trinajstić information content (AvgIpc) is 3.01. The van der Waals surface area contributed by atoms with Crippen molar-refractivity contribution < 1.29 is 0 Å². The molecule has 6 heteroatoms. The standard InChI is InChI=1S/C19H23N5O/c25-17-13-4-1-2-5-14(13)22-18(23-17)24-10-7-19(8-11-24)12-21-15-6-3-9-20-16(15)19/h3,6,9,21H,1-2,4-5,7-8,10-12H2,(H,22,23,25). The lowest BCUT2D eigenvalue weighted by Gasteiger charge is -2.39.